The molecule has 1 heterocycles. The second kappa shape index (κ2) is 7.37. The van der Waals surface area contributed by atoms with Gasteiger partial charge in [-0.15, -0.1) is 0 Å². The normalized spacial score (nSPS) is 18.4. The Balaban J connectivity index is 1.88. The fraction of sp³-hybridized carbons (Fsp3) is 0.500. The lowest BCUT2D eigenvalue weighted by Crippen LogP contribution is -2.47. The number of nitrogens with zero attached hydrogens (tertiary/aromatic N) is 2. The summed E-state index contributed by atoms with van der Waals surface area (Å²) in [5.41, 5.74) is 1.57. The number of carbonyl (C=O) groups excluding carboxylic acids is 1. The monoisotopic (exact) mass is 303 g/mol. The standard InChI is InChI=1S/C16H21N3OS/c1-12(2)15-11-19(6-7-21-15)16(20)18-10-14-5-3-4-13(8-14)9-17/h3-5,8,12,15H,6-7,10-11H2,1-2H3,(H,18,20)/t15-/m1/s1. The molecule has 1 aliphatic rings. The fourth-order valence-electron chi connectivity index (χ4n) is 2.30. The Morgan fingerprint density at radius 2 is 2.38 bits per heavy atom. The van der Waals surface area contributed by atoms with Gasteiger partial charge in [0.05, 0.1) is 11.6 Å². The minimum Gasteiger partial charge on any atom is -0.334 e. The lowest BCUT2D eigenvalue weighted by molar-refractivity contribution is 0.196. The maximum Gasteiger partial charge on any atom is 0.317 e. The van der Waals surface area contributed by atoms with Gasteiger partial charge >= 0.3 is 6.03 Å². The Bertz CT molecular complexity index is 539. The van der Waals surface area contributed by atoms with Crippen LogP contribution in [0.1, 0.15) is 25.0 Å². The largest absolute Gasteiger partial charge is 0.334 e. The van der Waals surface area contributed by atoms with Crippen LogP contribution in [0.4, 0.5) is 4.79 Å². The SMILES string of the molecule is CC(C)[C@H]1CN(C(=O)NCc2cccc(C#N)c2)CCS1. The molecule has 1 N–H and O–H groups in total. The number of amides is 2. The Labute approximate surface area is 130 Å². The number of carbonyl (C=O) groups is 1. The Morgan fingerprint density at radius 1 is 1.57 bits per heavy atom. The van der Waals surface area contributed by atoms with Crippen LogP contribution in [0.3, 0.4) is 0 Å². The van der Waals surface area contributed by atoms with E-state index < -0.39 is 0 Å². The second-order valence-electron chi connectivity index (χ2n) is 5.57. The van der Waals surface area contributed by atoms with Crippen molar-refractivity contribution in [3.63, 3.8) is 0 Å². The number of nitriles is 1. The summed E-state index contributed by atoms with van der Waals surface area (Å²) in [5.74, 6) is 1.58. The summed E-state index contributed by atoms with van der Waals surface area (Å²) >= 11 is 1.95. The van der Waals surface area contributed by atoms with Crippen LogP contribution >= 0.6 is 11.8 Å². The summed E-state index contributed by atoms with van der Waals surface area (Å²) in [7, 11) is 0. The van der Waals surface area contributed by atoms with E-state index in [0.717, 1.165) is 24.4 Å². The Morgan fingerprint density at radius 3 is 3.10 bits per heavy atom. The average Bonchev–Trinajstić information content (AvgIpc) is 2.53. The summed E-state index contributed by atoms with van der Waals surface area (Å²) in [6.45, 7) is 6.48. The summed E-state index contributed by atoms with van der Waals surface area (Å²) in [5, 5.41) is 12.3. The van der Waals surface area contributed by atoms with Crippen LogP contribution in [-0.4, -0.2) is 35.0 Å². The summed E-state index contributed by atoms with van der Waals surface area (Å²) in [6.07, 6.45) is 0. The number of thioether (sulfide) groups is 1. The number of hydrogen-bond donors (Lipinski definition) is 1. The molecule has 0 radical (unpaired) electrons. The molecular weight excluding hydrogens is 282 g/mol. The molecular formula is C16H21N3OS. The van der Waals surface area contributed by atoms with Gasteiger partial charge < -0.3 is 10.2 Å². The van der Waals surface area contributed by atoms with Gasteiger partial charge in [-0.2, -0.15) is 17.0 Å². The van der Waals surface area contributed by atoms with Crippen LogP contribution in [0, 0.1) is 17.2 Å². The first-order valence-corrected chi connectivity index (χ1v) is 8.28. The zero-order chi connectivity index (χ0) is 15.2. The third-order valence-corrected chi connectivity index (χ3v) is 5.16. The molecule has 0 saturated carbocycles. The number of rotatable bonds is 3. The highest BCUT2D eigenvalue weighted by Gasteiger charge is 2.25. The highest BCUT2D eigenvalue weighted by atomic mass is 32.2. The second-order valence-corrected chi connectivity index (χ2v) is 6.92. The molecule has 0 spiro atoms. The van der Waals surface area contributed by atoms with Gasteiger partial charge in [0.15, 0.2) is 0 Å². The van der Waals surface area contributed by atoms with Crippen LogP contribution in [0.15, 0.2) is 24.3 Å². The van der Waals surface area contributed by atoms with Gasteiger partial charge in [-0.25, -0.2) is 4.79 Å². The van der Waals surface area contributed by atoms with E-state index >= 15 is 0 Å². The minimum atomic E-state index is -0.0108. The van der Waals surface area contributed by atoms with Crippen molar-refractivity contribution in [2.24, 2.45) is 5.92 Å². The lowest BCUT2D eigenvalue weighted by atomic mass is 10.1. The van der Waals surface area contributed by atoms with Crippen LogP contribution in [0.25, 0.3) is 0 Å². The minimum absolute atomic E-state index is 0.0108. The quantitative estimate of drug-likeness (QED) is 0.934. The molecule has 4 nitrogen and oxygen atoms in total. The predicted octanol–water partition coefficient (Wildman–Crippen LogP) is 2.84. The topological polar surface area (TPSA) is 56.1 Å². The molecule has 112 valence electrons. The van der Waals surface area contributed by atoms with Crippen LogP contribution < -0.4 is 5.32 Å². The molecule has 2 rings (SSSR count). The van der Waals surface area contributed by atoms with Crippen molar-refractivity contribution in [2.45, 2.75) is 25.6 Å². The molecule has 2 amide bonds. The molecule has 0 aliphatic carbocycles. The Hall–Kier alpha value is -1.67. The summed E-state index contributed by atoms with van der Waals surface area (Å²) < 4.78 is 0. The van der Waals surface area contributed by atoms with Crippen molar-refractivity contribution in [3.8, 4) is 6.07 Å². The van der Waals surface area contributed by atoms with E-state index in [2.05, 4.69) is 25.2 Å². The van der Waals surface area contributed by atoms with E-state index in [1.54, 1.807) is 6.07 Å². The smallest absolute Gasteiger partial charge is 0.317 e. The fourth-order valence-corrected chi connectivity index (χ4v) is 3.60. The van der Waals surface area contributed by atoms with Crippen molar-refractivity contribution >= 4 is 17.8 Å². The van der Waals surface area contributed by atoms with Crippen LogP contribution in [0.2, 0.25) is 0 Å². The maximum absolute atomic E-state index is 12.2. The molecule has 1 aromatic carbocycles. The molecule has 21 heavy (non-hydrogen) atoms. The summed E-state index contributed by atoms with van der Waals surface area (Å²) in [4.78, 5) is 14.1. The van der Waals surface area contributed by atoms with E-state index in [0.29, 0.717) is 23.3 Å². The van der Waals surface area contributed by atoms with E-state index in [4.69, 9.17) is 5.26 Å². The number of hydrogen-bond acceptors (Lipinski definition) is 3. The van der Waals surface area contributed by atoms with Crippen molar-refractivity contribution < 1.29 is 4.79 Å². The van der Waals surface area contributed by atoms with Gasteiger partial charge in [-0.05, 0) is 23.6 Å². The van der Waals surface area contributed by atoms with E-state index in [1.165, 1.54) is 0 Å². The first-order chi connectivity index (χ1) is 10.1. The number of benzene rings is 1. The molecule has 0 aromatic heterocycles. The summed E-state index contributed by atoms with van der Waals surface area (Å²) in [6, 6.07) is 9.43. The molecule has 5 heteroatoms. The van der Waals surface area contributed by atoms with Gasteiger partial charge in [0, 0.05) is 30.6 Å². The van der Waals surface area contributed by atoms with E-state index in [1.807, 2.05) is 34.9 Å². The van der Waals surface area contributed by atoms with Crippen molar-refractivity contribution in [2.75, 3.05) is 18.8 Å². The zero-order valence-corrected chi connectivity index (χ0v) is 13.3. The predicted molar refractivity (Wildman–Crippen MR) is 86.0 cm³/mol. The molecule has 1 atom stereocenters. The van der Waals surface area contributed by atoms with Crippen LogP contribution in [-0.2, 0) is 6.54 Å². The van der Waals surface area contributed by atoms with Crippen LogP contribution in [0.5, 0.6) is 0 Å². The van der Waals surface area contributed by atoms with Gasteiger partial charge in [0.2, 0.25) is 0 Å². The van der Waals surface area contributed by atoms with E-state index in [-0.39, 0.29) is 6.03 Å². The molecule has 1 aliphatic heterocycles. The third kappa shape index (κ3) is 4.40. The maximum atomic E-state index is 12.2. The first-order valence-electron chi connectivity index (χ1n) is 7.23. The van der Waals surface area contributed by atoms with Gasteiger partial charge in [0.25, 0.3) is 0 Å². The zero-order valence-electron chi connectivity index (χ0n) is 12.5. The Kier molecular flexibility index (Phi) is 5.51. The highest BCUT2D eigenvalue weighted by molar-refractivity contribution is 8.00. The highest BCUT2D eigenvalue weighted by Crippen LogP contribution is 2.24. The first kappa shape index (κ1) is 15.7. The van der Waals surface area contributed by atoms with Gasteiger partial charge in [-0.3, -0.25) is 0 Å². The number of urea groups is 1. The van der Waals surface area contributed by atoms with E-state index in [9.17, 15) is 4.79 Å². The molecule has 0 unspecified atom stereocenters. The molecule has 1 fully saturated rings. The molecule has 0 bridgehead atoms. The molecule has 1 aromatic rings. The van der Waals surface area contributed by atoms with Crippen molar-refractivity contribution in [1.29, 1.82) is 5.26 Å². The van der Waals surface area contributed by atoms with Gasteiger partial charge in [0.1, 0.15) is 0 Å². The van der Waals surface area contributed by atoms with Crippen molar-refractivity contribution in [3.05, 3.63) is 35.4 Å². The van der Waals surface area contributed by atoms with Gasteiger partial charge in [-0.1, -0.05) is 26.0 Å². The molecule has 1 saturated heterocycles. The third-order valence-electron chi connectivity index (χ3n) is 3.62. The average molecular weight is 303 g/mol. The number of nitrogens with one attached hydrogen (secondary N) is 1. The lowest BCUT2D eigenvalue weighted by Gasteiger charge is -2.34. The van der Waals surface area contributed by atoms with Crippen molar-refractivity contribution in [1.82, 2.24) is 10.2 Å².